The van der Waals surface area contributed by atoms with E-state index < -0.39 is 0 Å². The summed E-state index contributed by atoms with van der Waals surface area (Å²) in [6, 6.07) is 9.44. The number of rotatable bonds is 5. The average Bonchev–Trinajstić information content (AvgIpc) is 2.63. The summed E-state index contributed by atoms with van der Waals surface area (Å²) in [5.41, 5.74) is 3.93. The second-order valence-corrected chi connectivity index (χ2v) is 6.57. The fraction of sp³-hybridized carbons (Fsp3) is 0.474. The molecule has 0 saturated carbocycles. The molecule has 128 valence electrons. The molecule has 2 aromatic rings. The molecule has 1 atom stereocenters. The zero-order valence-electron chi connectivity index (χ0n) is 14.9. The quantitative estimate of drug-likeness (QED) is 0.913. The van der Waals surface area contributed by atoms with Crippen molar-refractivity contribution < 1.29 is 0 Å². The topological polar surface area (TPSA) is 44.3 Å². The average molecular weight is 325 g/mol. The zero-order chi connectivity index (χ0) is 16.9. The van der Waals surface area contributed by atoms with Crippen molar-refractivity contribution in [2.45, 2.75) is 25.9 Å². The van der Waals surface area contributed by atoms with Gasteiger partial charge in [0.15, 0.2) is 0 Å². The van der Waals surface area contributed by atoms with Gasteiger partial charge in [-0.1, -0.05) is 31.2 Å². The Hall–Kier alpha value is -1.98. The number of nitrogens with zero attached hydrogens (tertiary/aromatic N) is 4. The van der Waals surface area contributed by atoms with Gasteiger partial charge in [0.1, 0.15) is 0 Å². The van der Waals surface area contributed by atoms with Gasteiger partial charge in [0.2, 0.25) is 5.95 Å². The molecule has 0 spiro atoms. The molecule has 5 nitrogen and oxygen atoms in total. The van der Waals surface area contributed by atoms with Crippen LogP contribution < -0.4 is 10.2 Å². The van der Waals surface area contributed by atoms with Gasteiger partial charge < -0.3 is 10.2 Å². The van der Waals surface area contributed by atoms with E-state index in [0.717, 1.165) is 44.1 Å². The molecule has 1 aliphatic rings. The van der Waals surface area contributed by atoms with E-state index in [0.29, 0.717) is 6.04 Å². The minimum atomic E-state index is 0.401. The monoisotopic (exact) mass is 325 g/mol. The van der Waals surface area contributed by atoms with Crippen LogP contribution in [0.1, 0.15) is 29.7 Å². The van der Waals surface area contributed by atoms with E-state index in [1.165, 1.54) is 11.1 Å². The van der Waals surface area contributed by atoms with Crippen LogP contribution in [0.25, 0.3) is 0 Å². The first kappa shape index (κ1) is 16.9. The molecule has 0 bridgehead atoms. The van der Waals surface area contributed by atoms with Crippen molar-refractivity contribution in [2.24, 2.45) is 0 Å². The SMILES string of the molecule is CCc1ccc(C2CNCCN2Cc2cnc(N(C)C)nc2)cc1. The molecule has 5 heteroatoms. The summed E-state index contributed by atoms with van der Waals surface area (Å²) in [4.78, 5) is 13.3. The Morgan fingerprint density at radius 1 is 1.12 bits per heavy atom. The highest BCUT2D eigenvalue weighted by Crippen LogP contribution is 2.24. The highest BCUT2D eigenvalue weighted by atomic mass is 15.2. The van der Waals surface area contributed by atoms with Gasteiger partial charge in [-0.3, -0.25) is 4.90 Å². The van der Waals surface area contributed by atoms with E-state index in [2.05, 4.69) is 51.4 Å². The summed E-state index contributed by atoms with van der Waals surface area (Å²) in [6.45, 7) is 6.13. The Balaban J connectivity index is 1.74. The summed E-state index contributed by atoms with van der Waals surface area (Å²) in [6.07, 6.45) is 4.98. The van der Waals surface area contributed by atoms with Crippen molar-refractivity contribution in [3.63, 3.8) is 0 Å². The minimum absolute atomic E-state index is 0.401. The fourth-order valence-electron chi connectivity index (χ4n) is 3.13. The lowest BCUT2D eigenvalue weighted by Gasteiger charge is -2.36. The molecule has 24 heavy (non-hydrogen) atoms. The molecule has 1 unspecified atom stereocenters. The highest BCUT2D eigenvalue weighted by molar-refractivity contribution is 5.28. The molecule has 0 amide bonds. The van der Waals surface area contributed by atoms with Crippen LogP contribution in [-0.4, -0.2) is 48.6 Å². The maximum Gasteiger partial charge on any atom is 0.224 e. The van der Waals surface area contributed by atoms with Crippen molar-refractivity contribution in [3.05, 3.63) is 53.3 Å². The van der Waals surface area contributed by atoms with Crippen molar-refractivity contribution in [1.29, 1.82) is 0 Å². The van der Waals surface area contributed by atoms with Crippen molar-refractivity contribution in [3.8, 4) is 0 Å². The van der Waals surface area contributed by atoms with Gasteiger partial charge in [0, 0.05) is 64.3 Å². The van der Waals surface area contributed by atoms with E-state index in [9.17, 15) is 0 Å². The number of aryl methyl sites for hydroxylation is 1. The predicted molar refractivity (Wildman–Crippen MR) is 98.2 cm³/mol. The molecule has 0 radical (unpaired) electrons. The van der Waals surface area contributed by atoms with Gasteiger partial charge in [-0.15, -0.1) is 0 Å². The molecule has 1 aromatic heterocycles. The molecule has 0 aliphatic carbocycles. The van der Waals surface area contributed by atoms with Gasteiger partial charge >= 0.3 is 0 Å². The summed E-state index contributed by atoms with van der Waals surface area (Å²) in [5.74, 6) is 0.755. The number of nitrogens with one attached hydrogen (secondary N) is 1. The second kappa shape index (κ2) is 7.73. The van der Waals surface area contributed by atoms with Crippen LogP contribution in [0.3, 0.4) is 0 Å². The summed E-state index contributed by atoms with van der Waals surface area (Å²) < 4.78 is 0. The van der Waals surface area contributed by atoms with Crippen LogP contribution in [0, 0.1) is 0 Å². The number of aromatic nitrogens is 2. The van der Waals surface area contributed by atoms with Crippen LogP contribution in [0.2, 0.25) is 0 Å². The molecule has 1 aliphatic heterocycles. The first-order valence-corrected chi connectivity index (χ1v) is 8.69. The largest absolute Gasteiger partial charge is 0.347 e. The van der Waals surface area contributed by atoms with Crippen molar-refractivity contribution in [1.82, 2.24) is 20.2 Å². The van der Waals surface area contributed by atoms with Crippen LogP contribution in [0.4, 0.5) is 5.95 Å². The maximum atomic E-state index is 4.44. The van der Waals surface area contributed by atoms with E-state index in [4.69, 9.17) is 0 Å². The van der Waals surface area contributed by atoms with Crippen molar-refractivity contribution in [2.75, 3.05) is 38.6 Å². The Morgan fingerprint density at radius 3 is 2.46 bits per heavy atom. The summed E-state index contributed by atoms with van der Waals surface area (Å²) in [5, 5.41) is 3.52. The Bertz CT molecular complexity index is 636. The van der Waals surface area contributed by atoms with Crippen LogP contribution in [-0.2, 0) is 13.0 Å². The van der Waals surface area contributed by atoms with Gasteiger partial charge in [0.25, 0.3) is 0 Å². The predicted octanol–water partition coefficient (Wildman–Crippen LogP) is 2.25. The Labute approximate surface area is 144 Å². The lowest BCUT2D eigenvalue weighted by Crippen LogP contribution is -2.45. The molecule has 1 aromatic carbocycles. The van der Waals surface area contributed by atoms with Crippen LogP contribution in [0.5, 0.6) is 0 Å². The number of hydrogen-bond donors (Lipinski definition) is 1. The first-order valence-electron chi connectivity index (χ1n) is 8.69. The summed E-state index contributed by atoms with van der Waals surface area (Å²) >= 11 is 0. The molecular formula is C19H27N5. The molecule has 3 rings (SSSR count). The third kappa shape index (κ3) is 3.91. The van der Waals surface area contributed by atoms with Gasteiger partial charge in [-0.25, -0.2) is 9.97 Å². The lowest BCUT2D eigenvalue weighted by atomic mass is 10.0. The van der Waals surface area contributed by atoms with Crippen molar-refractivity contribution >= 4 is 5.95 Å². The fourth-order valence-corrected chi connectivity index (χ4v) is 3.13. The highest BCUT2D eigenvalue weighted by Gasteiger charge is 2.23. The van der Waals surface area contributed by atoms with E-state index in [1.807, 2.05) is 31.4 Å². The third-order valence-electron chi connectivity index (χ3n) is 4.60. The zero-order valence-corrected chi connectivity index (χ0v) is 14.9. The lowest BCUT2D eigenvalue weighted by molar-refractivity contribution is 0.153. The Morgan fingerprint density at radius 2 is 1.83 bits per heavy atom. The number of anilines is 1. The summed E-state index contributed by atoms with van der Waals surface area (Å²) in [7, 11) is 3.92. The number of benzene rings is 1. The maximum absolute atomic E-state index is 4.44. The smallest absolute Gasteiger partial charge is 0.224 e. The van der Waals surface area contributed by atoms with E-state index >= 15 is 0 Å². The second-order valence-electron chi connectivity index (χ2n) is 6.57. The normalized spacial score (nSPS) is 18.5. The first-order chi connectivity index (χ1) is 11.7. The minimum Gasteiger partial charge on any atom is -0.347 e. The number of hydrogen-bond acceptors (Lipinski definition) is 5. The van der Waals surface area contributed by atoms with Crippen LogP contribution >= 0.6 is 0 Å². The molecule has 1 N–H and O–H groups in total. The molecule has 1 fully saturated rings. The molecule has 2 heterocycles. The van der Waals surface area contributed by atoms with Gasteiger partial charge in [-0.05, 0) is 17.5 Å². The Kier molecular flexibility index (Phi) is 5.43. The molecule has 1 saturated heterocycles. The van der Waals surface area contributed by atoms with Crippen LogP contribution in [0.15, 0.2) is 36.7 Å². The number of piperazine rings is 1. The molecular weight excluding hydrogens is 298 g/mol. The third-order valence-corrected chi connectivity index (χ3v) is 4.60. The van der Waals surface area contributed by atoms with E-state index in [-0.39, 0.29) is 0 Å². The van der Waals surface area contributed by atoms with E-state index in [1.54, 1.807) is 0 Å². The van der Waals surface area contributed by atoms with Gasteiger partial charge in [-0.2, -0.15) is 0 Å². The standard InChI is InChI=1S/C19H27N5/c1-4-15-5-7-17(8-6-15)18-13-20-9-10-24(18)14-16-11-21-19(22-12-16)23(2)3/h5-8,11-12,18,20H,4,9-10,13-14H2,1-3H3. The van der Waals surface area contributed by atoms with Gasteiger partial charge in [0.05, 0.1) is 0 Å².